The molecule has 0 nitrogen and oxygen atoms in total. The van der Waals surface area contributed by atoms with Gasteiger partial charge in [-0.25, -0.2) is 0 Å². The zero-order valence-electron chi connectivity index (χ0n) is 10.2. The Morgan fingerprint density at radius 2 is 1.79 bits per heavy atom. The van der Waals surface area contributed by atoms with Crippen molar-refractivity contribution in [3.05, 3.63) is 23.8 Å². The molecule has 0 saturated heterocycles. The Hall–Kier alpha value is -0.520. The monoisotopic (exact) mass is 194 g/mol. The van der Waals surface area contributed by atoms with E-state index in [0.717, 1.165) is 6.42 Å². The van der Waals surface area contributed by atoms with Crippen molar-refractivity contribution in [1.29, 1.82) is 0 Å². The third-order valence-electron chi connectivity index (χ3n) is 2.43. The van der Waals surface area contributed by atoms with Crippen LogP contribution in [0.5, 0.6) is 0 Å². The van der Waals surface area contributed by atoms with Crippen LogP contribution in [0.15, 0.2) is 23.8 Å². The maximum Gasteiger partial charge on any atom is -0.0311 e. The van der Waals surface area contributed by atoms with Gasteiger partial charge in [-0.05, 0) is 25.7 Å². The predicted octanol–water partition coefficient (Wildman–Crippen LogP) is 5.26. The largest absolute Gasteiger partial charge is 0.0843 e. The van der Waals surface area contributed by atoms with E-state index in [1.807, 2.05) is 0 Å². The minimum Gasteiger partial charge on any atom is -0.0843 e. The molecular weight excluding hydrogens is 168 g/mol. The normalized spacial score (nSPS) is 12.6. The average Bonchev–Trinajstić information content (AvgIpc) is 2.21. The summed E-state index contributed by atoms with van der Waals surface area (Å²) in [5.41, 5.74) is 1.49. The summed E-state index contributed by atoms with van der Waals surface area (Å²) in [6.45, 7) is 6.68. The van der Waals surface area contributed by atoms with Crippen LogP contribution >= 0.6 is 0 Å². The Morgan fingerprint density at radius 1 is 1.00 bits per heavy atom. The number of hydrogen-bond donors (Lipinski definition) is 0. The minimum absolute atomic E-state index is 1.16. The zero-order valence-corrected chi connectivity index (χ0v) is 10.2. The highest BCUT2D eigenvalue weighted by atomic mass is 13.9. The molecule has 0 fully saturated rings. The summed E-state index contributed by atoms with van der Waals surface area (Å²) < 4.78 is 0. The molecule has 0 heterocycles. The van der Waals surface area contributed by atoms with Crippen LogP contribution < -0.4 is 0 Å². The van der Waals surface area contributed by atoms with Crippen LogP contribution in [0.2, 0.25) is 0 Å². The summed E-state index contributed by atoms with van der Waals surface area (Å²) >= 11 is 0. The summed E-state index contributed by atoms with van der Waals surface area (Å²) in [7, 11) is 0. The topological polar surface area (TPSA) is 0 Å². The second-order valence-electron chi connectivity index (χ2n) is 3.79. The van der Waals surface area contributed by atoms with E-state index in [2.05, 4.69) is 39.0 Å². The van der Waals surface area contributed by atoms with Crippen molar-refractivity contribution in [2.45, 2.75) is 65.7 Å². The van der Waals surface area contributed by atoms with E-state index >= 15 is 0 Å². The number of allylic oxidation sites excluding steroid dienone is 4. The second-order valence-corrected chi connectivity index (χ2v) is 3.79. The van der Waals surface area contributed by atoms with Crippen molar-refractivity contribution >= 4 is 0 Å². The number of hydrogen-bond acceptors (Lipinski definition) is 0. The maximum absolute atomic E-state index is 2.33. The lowest BCUT2D eigenvalue weighted by Gasteiger charge is -1.97. The van der Waals surface area contributed by atoms with Gasteiger partial charge in [0, 0.05) is 0 Å². The van der Waals surface area contributed by atoms with Gasteiger partial charge in [0.25, 0.3) is 0 Å². The van der Waals surface area contributed by atoms with E-state index in [4.69, 9.17) is 0 Å². The van der Waals surface area contributed by atoms with Gasteiger partial charge in [-0.2, -0.15) is 0 Å². The van der Waals surface area contributed by atoms with Gasteiger partial charge in [0.2, 0.25) is 0 Å². The van der Waals surface area contributed by atoms with Crippen LogP contribution in [0.4, 0.5) is 0 Å². The van der Waals surface area contributed by atoms with Crippen LogP contribution in [0, 0.1) is 0 Å². The molecule has 0 radical (unpaired) electrons. The van der Waals surface area contributed by atoms with E-state index in [1.54, 1.807) is 0 Å². The Balaban J connectivity index is 3.54. The van der Waals surface area contributed by atoms with Gasteiger partial charge < -0.3 is 0 Å². The SMILES string of the molecule is CCC=C(C=CCCCCCC)CC. The zero-order chi connectivity index (χ0) is 10.6. The smallest absolute Gasteiger partial charge is 0.0311 e. The molecule has 14 heavy (non-hydrogen) atoms. The summed E-state index contributed by atoms with van der Waals surface area (Å²) in [4.78, 5) is 0. The molecule has 0 saturated carbocycles. The highest BCUT2D eigenvalue weighted by Crippen LogP contribution is 2.07. The first-order valence-corrected chi connectivity index (χ1v) is 6.20. The van der Waals surface area contributed by atoms with Gasteiger partial charge in [0.1, 0.15) is 0 Å². The molecule has 0 aromatic carbocycles. The van der Waals surface area contributed by atoms with Gasteiger partial charge in [0.05, 0.1) is 0 Å². The average molecular weight is 194 g/mol. The predicted molar refractivity (Wildman–Crippen MR) is 66.6 cm³/mol. The fourth-order valence-corrected chi connectivity index (χ4v) is 1.52. The van der Waals surface area contributed by atoms with Gasteiger partial charge in [-0.3, -0.25) is 0 Å². The quantitative estimate of drug-likeness (QED) is 0.365. The first kappa shape index (κ1) is 13.5. The Kier molecular flexibility index (Phi) is 10.2. The van der Waals surface area contributed by atoms with Crippen LogP contribution in [0.3, 0.4) is 0 Å². The summed E-state index contributed by atoms with van der Waals surface area (Å²) in [6, 6.07) is 0. The van der Waals surface area contributed by atoms with Crippen molar-refractivity contribution < 1.29 is 0 Å². The van der Waals surface area contributed by atoms with Crippen molar-refractivity contribution in [3.63, 3.8) is 0 Å². The van der Waals surface area contributed by atoms with Crippen molar-refractivity contribution in [2.24, 2.45) is 0 Å². The first-order valence-electron chi connectivity index (χ1n) is 6.20. The molecule has 0 aliphatic rings. The molecule has 0 aliphatic heterocycles. The lowest BCUT2D eigenvalue weighted by atomic mass is 10.1. The first-order chi connectivity index (χ1) is 6.85. The van der Waals surface area contributed by atoms with E-state index in [0.29, 0.717) is 0 Å². The fraction of sp³-hybridized carbons (Fsp3) is 0.714. The standard InChI is InChI=1S/C14H26/c1-4-7-8-9-10-11-13-14(6-3)12-5-2/h11-13H,4-10H2,1-3H3. The van der Waals surface area contributed by atoms with E-state index < -0.39 is 0 Å². The van der Waals surface area contributed by atoms with Crippen LogP contribution in [0.25, 0.3) is 0 Å². The number of unbranched alkanes of at least 4 members (excludes halogenated alkanes) is 4. The third kappa shape index (κ3) is 8.10. The maximum atomic E-state index is 2.33. The van der Waals surface area contributed by atoms with Gasteiger partial charge in [-0.1, -0.05) is 63.8 Å². The fourth-order valence-electron chi connectivity index (χ4n) is 1.52. The highest BCUT2D eigenvalue weighted by molar-refractivity contribution is 5.17. The van der Waals surface area contributed by atoms with E-state index in [-0.39, 0.29) is 0 Å². The molecule has 0 bridgehead atoms. The molecule has 82 valence electrons. The molecule has 0 amide bonds. The summed E-state index contributed by atoms with van der Waals surface area (Å²) in [6.07, 6.45) is 16.0. The number of rotatable bonds is 8. The molecule has 0 aromatic rings. The molecule has 0 aliphatic carbocycles. The minimum atomic E-state index is 1.16. The van der Waals surface area contributed by atoms with Gasteiger partial charge in [-0.15, -0.1) is 0 Å². The molecule has 0 N–H and O–H groups in total. The third-order valence-corrected chi connectivity index (χ3v) is 2.43. The highest BCUT2D eigenvalue weighted by Gasteiger charge is 1.87. The molecular formula is C14H26. The van der Waals surface area contributed by atoms with Crippen molar-refractivity contribution in [3.8, 4) is 0 Å². The van der Waals surface area contributed by atoms with E-state index in [9.17, 15) is 0 Å². The molecule has 0 rings (SSSR count). The lowest BCUT2D eigenvalue weighted by Crippen LogP contribution is -1.76. The molecule has 0 atom stereocenters. The second kappa shape index (κ2) is 10.6. The lowest BCUT2D eigenvalue weighted by molar-refractivity contribution is 0.674. The Labute approximate surface area is 90.1 Å². The molecule has 0 aromatic heterocycles. The molecule has 0 unspecified atom stereocenters. The van der Waals surface area contributed by atoms with Crippen LogP contribution in [0.1, 0.15) is 65.7 Å². The molecule has 0 spiro atoms. The summed E-state index contributed by atoms with van der Waals surface area (Å²) in [5, 5.41) is 0. The Bertz CT molecular complexity index is 163. The summed E-state index contributed by atoms with van der Waals surface area (Å²) in [5.74, 6) is 0. The van der Waals surface area contributed by atoms with Crippen LogP contribution in [-0.4, -0.2) is 0 Å². The van der Waals surface area contributed by atoms with E-state index in [1.165, 1.54) is 44.1 Å². The van der Waals surface area contributed by atoms with Gasteiger partial charge >= 0.3 is 0 Å². The van der Waals surface area contributed by atoms with Crippen LogP contribution in [-0.2, 0) is 0 Å². The molecule has 0 heteroatoms. The van der Waals surface area contributed by atoms with Crippen molar-refractivity contribution in [2.75, 3.05) is 0 Å². The Morgan fingerprint density at radius 3 is 2.36 bits per heavy atom. The van der Waals surface area contributed by atoms with Gasteiger partial charge in [0.15, 0.2) is 0 Å². The van der Waals surface area contributed by atoms with Crippen molar-refractivity contribution in [1.82, 2.24) is 0 Å².